The second-order valence-corrected chi connectivity index (χ2v) is 5.74. The van der Waals surface area contributed by atoms with E-state index in [2.05, 4.69) is 29.4 Å². The highest BCUT2D eigenvalue weighted by Gasteiger charge is 2.20. The number of anilines is 1. The van der Waals surface area contributed by atoms with Crippen molar-refractivity contribution in [1.29, 1.82) is 0 Å². The predicted molar refractivity (Wildman–Crippen MR) is 87.9 cm³/mol. The molecular formula is C18H21N3O. The summed E-state index contributed by atoms with van der Waals surface area (Å²) in [7, 11) is 0. The van der Waals surface area contributed by atoms with Gasteiger partial charge < -0.3 is 10.2 Å². The van der Waals surface area contributed by atoms with Crippen LogP contribution in [0.1, 0.15) is 41.7 Å². The maximum atomic E-state index is 12.4. The summed E-state index contributed by atoms with van der Waals surface area (Å²) in [5, 5.41) is 3.41. The Morgan fingerprint density at radius 3 is 2.64 bits per heavy atom. The predicted octanol–water partition coefficient (Wildman–Crippen LogP) is 3.49. The number of pyridine rings is 1. The Morgan fingerprint density at radius 2 is 1.91 bits per heavy atom. The number of rotatable bonds is 4. The van der Waals surface area contributed by atoms with Gasteiger partial charge in [-0.15, -0.1) is 0 Å². The van der Waals surface area contributed by atoms with Crippen LogP contribution in [0, 0.1) is 0 Å². The normalized spacial score (nSPS) is 15.6. The van der Waals surface area contributed by atoms with Gasteiger partial charge in [0.15, 0.2) is 0 Å². The summed E-state index contributed by atoms with van der Waals surface area (Å²) in [6.45, 7) is 3.82. The molecule has 1 fully saturated rings. The monoisotopic (exact) mass is 295 g/mol. The van der Waals surface area contributed by atoms with E-state index in [-0.39, 0.29) is 11.9 Å². The highest BCUT2D eigenvalue weighted by atomic mass is 16.2. The average molecular weight is 295 g/mol. The van der Waals surface area contributed by atoms with Gasteiger partial charge >= 0.3 is 0 Å². The smallest absolute Gasteiger partial charge is 0.255 e. The Morgan fingerprint density at radius 1 is 1.18 bits per heavy atom. The molecule has 0 bridgehead atoms. The van der Waals surface area contributed by atoms with Gasteiger partial charge in [-0.1, -0.05) is 30.3 Å². The Labute approximate surface area is 131 Å². The number of benzene rings is 1. The molecule has 1 N–H and O–H groups in total. The quantitative estimate of drug-likeness (QED) is 0.939. The Kier molecular flexibility index (Phi) is 4.37. The molecule has 1 aromatic carbocycles. The molecule has 22 heavy (non-hydrogen) atoms. The van der Waals surface area contributed by atoms with E-state index in [1.165, 1.54) is 5.56 Å². The zero-order valence-corrected chi connectivity index (χ0v) is 12.8. The minimum Gasteiger partial charge on any atom is -0.377 e. The van der Waals surface area contributed by atoms with Crippen LogP contribution in [0.5, 0.6) is 0 Å². The number of aromatic nitrogens is 1. The number of hydrogen-bond donors (Lipinski definition) is 1. The Balaban J connectivity index is 1.72. The highest BCUT2D eigenvalue weighted by molar-refractivity contribution is 5.94. The van der Waals surface area contributed by atoms with Gasteiger partial charge in [-0.05, 0) is 31.4 Å². The molecule has 1 amide bonds. The number of hydrogen-bond acceptors (Lipinski definition) is 3. The van der Waals surface area contributed by atoms with Crippen LogP contribution in [0.3, 0.4) is 0 Å². The number of carbonyl (C=O) groups is 1. The second kappa shape index (κ2) is 6.60. The van der Waals surface area contributed by atoms with Crippen molar-refractivity contribution in [2.24, 2.45) is 0 Å². The Bertz CT molecular complexity index is 636. The lowest BCUT2D eigenvalue weighted by atomic mass is 10.1. The fraction of sp³-hybridized carbons (Fsp3) is 0.333. The second-order valence-electron chi connectivity index (χ2n) is 5.74. The van der Waals surface area contributed by atoms with Crippen LogP contribution in [0.4, 0.5) is 5.69 Å². The molecule has 1 aliphatic heterocycles. The molecule has 0 aliphatic carbocycles. The maximum Gasteiger partial charge on any atom is 0.255 e. The molecule has 0 saturated carbocycles. The van der Waals surface area contributed by atoms with Crippen LogP contribution in [0.15, 0.2) is 48.8 Å². The summed E-state index contributed by atoms with van der Waals surface area (Å²) in [5.74, 6) is 0.0843. The van der Waals surface area contributed by atoms with Crippen LogP contribution in [-0.4, -0.2) is 28.9 Å². The summed E-state index contributed by atoms with van der Waals surface area (Å²) in [6, 6.07) is 12.3. The van der Waals surface area contributed by atoms with Crippen LogP contribution < -0.4 is 5.32 Å². The van der Waals surface area contributed by atoms with E-state index in [0.29, 0.717) is 5.56 Å². The third kappa shape index (κ3) is 3.27. The Hall–Kier alpha value is -2.36. The van der Waals surface area contributed by atoms with Crippen LogP contribution in [-0.2, 0) is 0 Å². The molecule has 114 valence electrons. The summed E-state index contributed by atoms with van der Waals surface area (Å²) < 4.78 is 0. The first-order chi connectivity index (χ1) is 10.7. The molecule has 1 aliphatic rings. The lowest BCUT2D eigenvalue weighted by molar-refractivity contribution is 0.0792. The fourth-order valence-electron chi connectivity index (χ4n) is 2.81. The zero-order chi connectivity index (χ0) is 15.4. The van der Waals surface area contributed by atoms with Crippen molar-refractivity contribution in [3.8, 4) is 0 Å². The molecule has 2 heterocycles. The number of nitrogens with zero attached hydrogens (tertiary/aromatic N) is 2. The maximum absolute atomic E-state index is 12.4. The van der Waals surface area contributed by atoms with Crippen LogP contribution in [0.2, 0.25) is 0 Å². The van der Waals surface area contributed by atoms with Crippen molar-refractivity contribution in [3.63, 3.8) is 0 Å². The third-order valence-electron chi connectivity index (χ3n) is 4.06. The summed E-state index contributed by atoms with van der Waals surface area (Å²) >= 11 is 0. The summed E-state index contributed by atoms with van der Waals surface area (Å²) in [4.78, 5) is 18.5. The number of carbonyl (C=O) groups excluding carboxylic acids is 1. The van der Waals surface area contributed by atoms with Gasteiger partial charge in [-0.25, -0.2) is 0 Å². The average Bonchev–Trinajstić information content (AvgIpc) is 3.09. The zero-order valence-electron chi connectivity index (χ0n) is 12.8. The number of amides is 1. The van der Waals surface area contributed by atoms with Gasteiger partial charge in [0.25, 0.3) is 5.91 Å². The highest BCUT2D eigenvalue weighted by Crippen LogP contribution is 2.20. The van der Waals surface area contributed by atoms with Crippen molar-refractivity contribution in [2.45, 2.75) is 25.8 Å². The molecule has 4 heteroatoms. The molecule has 0 spiro atoms. The van der Waals surface area contributed by atoms with Crippen molar-refractivity contribution in [1.82, 2.24) is 9.88 Å². The standard InChI is InChI=1S/C18H21N3O/c1-14(15-7-3-2-4-8-15)20-17-11-16(12-19-13-17)18(22)21-9-5-6-10-21/h2-4,7-8,11-14,20H,5-6,9-10H2,1H3. The van der Waals surface area contributed by atoms with Crippen molar-refractivity contribution < 1.29 is 4.79 Å². The molecule has 4 nitrogen and oxygen atoms in total. The summed E-state index contributed by atoms with van der Waals surface area (Å²) in [6.07, 6.45) is 5.61. The van der Waals surface area contributed by atoms with Gasteiger partial charge in [0, 0.05) is 31.5 Å². The first-order valence-corrected chi connectivity index (χ1v) is 7.80. The fourth-order valence-corrected chi connectivity index (χ4v) is 2.81. The van der Waals surface area contributed by atoms with Crippen LogP contribution in [0.25, 0.3) is 0 Å². The van der Waals surface area contributed by atoms with E-state index in [9.17, 15) is 4.79 Å². The van der Waals surface area contributed by atoms with E-state index in [1.807, 2.05) is 29.2 Å². The van der Waals surface area contributed by atoms with Crippen LogP contribution >= 0.6 is 0 Å². The molecule has 1 unspecified atom stereocenters. The third-order valence-corrected chi connectivity index (χ3v) is 4.06. The first kappa shape index (κ1) is 14.6. The molecular weight excluding hydrogens is 274 g/mol. The number of likely N-dealkylation sites (tertiary alicyclic amines) is 1. The van der Waals surface area contributed by atoms with Crippen molar-refractivity contribution >= 4 is 11.6 Å². The lowest BCUT2D eigenvalue weighted by Gasteiger charge is -2.18. The molecule has 0 radical (unpaired) electrons. The van der Waals surface area contributed by atoms with E-state index in [4.69, 9.17) is 0 Å². The topological polar surface area (TPSA) is 45.2 Å². The molecule has 1 saturated heterocycles. The molecule has 1 aromatic heterocycles. The van der Waals surface area contributed by atoms with Gasteiger partial charge in [0.1, 0.15) is 0 Å². The van der Waals surface area contributed by atoms with Gasteiger partial charge in [0.2, 0.25) is 0 Å². The SMILES string of the molecule is CC(Nc1cncc(C(=O)N2CCCC2)c1)c1ccccc1. The van der Waals surface area contributed by atoms with E-state index >= 15 is 0 Å². The van der Waals surface area contributed by atoms with E-state index in [1.54, 1.807) is 12.4 Å². The van der Waals surface area contributed by atoms with E-state index in [0.717, 1.165) is 31.6 Å². The minimum absolute atomic E-state index is 0.0843. The summed E-state index contributed by atoms with van der Waals surface area (Å²) in [5.41, 5.74) is 2.74. The van der Waals surface area contributed by atoms with Gasteiger partial charge in [0.05, 0.1) is 11.3 Å². The van der Waals surface area contributed by atoms with Crippen molar-refractivity contribution in [3.05, 3.63) is 59.9 Å². The molecule has 1 atom stereocenters. The molecule has 2 aromatic rings. The van der Waals surface area contributed by atoms with Gasteiger partial charge in [-0.3, -0.25) is 9.78 Å². The van der Waals surface area contributed by atoms with Crippen molar-refractivity contribution in [2.75, 3.05) is 18.4 Å². The van der Waals surface area contributed by atoms with Gasteiger partial charge in [-0.2, -0.15) is 0 Å². The minimum atomic E-state index is 0.0843. The first-order valence-electron chi connectivity index (χ1n) is 7.80. The molecule has 3 rings (SSSR count). The largest absolute Gasteiger partial charge is 0.377 e. The van der Waals surface area contributed by atoms with E-state index < -0.39 is 0 Å². The lowest BCUT2D eigenvalue weighted by Crippen LogP contribution is -2.27. The number of nitrogens with one attached hydrogen (secondary N) is 1.